The Labute approximate surface area is 258 Å². The molecule has 1 N–H and O–H groups in total. The predicted molar refractivity (Wildman–Crippen MR) is 167 cm³/mol. The molecule has 0 aromatic heterocycles. The molecular weight excluding hydrogens is 540 g/mol. The van der Waals surface area contributed by atoms with Crippen LogP contribution in [0.5, 0.6) is 0 Å². The van der Waals surface area contributed by atoms with E-state index in [9.17, 15) is 14.7 Å². The highest BCUT2D eigenvalue weighted by atomic mass is 16.6. The smallest absolute Gasteiger partial charge is 0.303 e. The zero-order valence-corrected chi connectivity index (χ0v) is 26.6. The van der Waals surface area contributed by atoms with Crippen molar-refractivity contribution < 1.29 is 28.7 Å². The van der Waals surface area contributed by atoms with Crippen LogP contribution < -0.4 is 0 Å². The summed E-state index contributed by atoms with van der Waals surface area (Å²) in [5.74, 6) is 0.0772. The van der Waals surface area contributed by atoms with Gasteiger partial charge in [0.1, 0.15) is 0 Å². The van der Waals surface area contributed by atoms with E-state index in [-0.39, 0.29) is 23.4 Å². The van der Waals surface area contributed by atoms with Gasteiger partial charge in [-0.05, 0) is 57.7 Å². The molecule has 0 radical (unpaired) electrons. The minimum atomic E-state index is -0.714. The van der Waals surface area contributed by atoms with Crippen LogP contribution in [0, 0.1) is 17.3 Å². The number of carbonyl (C=O) groups excluding carboxylic acids is 2. The molecule has 238 valence electrons. The normalized spacial score (nSPS) is 45.7. The maximum atomic E-state index is 13.1. The third-order valence-corrected chi connectivity index (χ3v) is 12.3. The van der Waals surface area contributed by atoms with E-state index in [2.05, 4.69) is 23.1 Å². The molecule has 1 aliphatic carbocycles. The average Bonchev–Trinajstić information content (AvgIpc) is 3.26. The topological polar surface area (TPSA) is 76.1 Å². The van der Waals surface area contributed by atoms with Crippen LogP contribution in [0.15, 0.2) is 36.5 Å². The van der Waals surface area contributed by atoms with Gasteiger partial charge >= 0.3 is 11.9 Å². The van der Waals surface area contributed by atoms with E-state index in [4.69, 9.17) is 9.47 Å². The number of rotatable bonds is 2. The molecule has 0 aromatic rings. The summed E-state index contributed by atoms with van der Waals surface area (Å²) < 4.78 is 13.3. The van der Waals surface area contributed by atoms with Gasteiger partial charge in [-0.25, -0.2) is 0 Å². The fourth-order valence-corrected chi connectivity index (χ4v) is 11.3. The second kappa shape index (κ2) is 12.8. The van der Waals surface area contributed by atoms with E-state index in [0.29, 0.717) is 16.3 Å². The lowest BCUT2D eigenvalue weighted by atomic mass is 9.52. The number of aliphatic hydroxyl groups excluding tert-OH is 1. The molecule has 7 rings (SSSR count). The molecule has 0 aromatic carbocycles. The molecule has 3 spiro atoms. The average molecular weight is 596 g/mol. The Kier molecular flexibility index (Phi) is 9.24. The molecule has 43 heavy (non-hydrogen) atoms. The first-order valence-corrected chi connectivity index (χ1v) is 17.5. The molecule has 9 atom stereocenters. The Morgan fingerprint density at radius 1 is 0.884 bits per heavy atom. The van der Waals surface area contributed by atoms with Gasteiger partial charge in [0.2, 0.25) is 0 Å². The third-order valence-electron chi connectivity index (χ3n) is 12.3. The third kappa shape index (κ3) is 5.15. The number of piperidine rings is 2. The van der Waals surface area contributed by atoms with E-state index < -0.39 is 24.0 Å². The number of aliphatic hydroxyl groups is 1. The lowest BCUT2D eigenvalue weighted by molar-refractivity contribution is -1.00. The fraction of sp³-hybridized carbons (Fsp3) is 0.778. The summed E-state index contributed by atoms with van der Waals surface area (Å²) in [7, 11) is 0. The Morgan fingerprint density at radius 3 is 2.40 bits per heavy atom. The van der Waals surface area contributed by atoms with Crippen LogP contribution in [0.25, 0.3) is 0 Å². The quantitative estimate of drug-likeness (QED) is 0.246. The molecule has 6 bridgehead atoms. The summed E-state index contributed by atoms with van der Waals surface area (Å²) in [4.78, 5) is 28.5. The number of quaternary nitrogens is 1. The van der Waals surface area contributed by atoms with E-state index in [0.717, 1.165) is 77.5 Å². The summed E-state index contributed by atoms with van der Waals surface area (Å²) in [6.07, 6.45) is 26.5. The Morgan fingerprint density at radius 2 is 1.63 bits per heavy atom. The maximum absolute atomic E-state index is 13.1. The number of ether oxygens (including phenoxy) is 2. The maximum Gasteiger partial charge on any atom is 0.303 e. The molecule has 6 heterocycles. The van der Waals surface area contributed by atoms with Crippen molar-refractivity contribution in [3.05, 3.63) is 36.5 Å². The highest BCUT2D eigenvalue weighted by Crippen LogP contribution is 2.74. The molecule has 7 aliphatic rings. The van der Waals surface area contributed by atoms with Crippen LogP contribution >= 0.6 is 0 Å². The van der Waals surface area contributed by atoms with E-state index >= 15 is 0 Å². The van der Waals surface area contributed by atoms with Crippen molar-refractivity contribution in [3.8, 4) is 0 Å². The molecule has 1 saturated carbocycles. The zero-order chi connectivity index (χ0) is 30.1. The van der Waals surface area contributed by atoms with Gasteiger partial charge in [-0.15, -0.1) is 0 Å². The SMILES string of the molecule is CC(=O)O[C@@H]1[C@H](OC(C)=O)/C=C/C=C\C/C=C\CCC[N+]23C[C@@H]4CC5(CCCCCCCCCCN6CCC4[C@]12C65)C3O. The molecule has 6 fully saturated rings. The lowest BCUT2D eigenvalue weighted by Crippen LogP contribution is -2.77. The summed E-state index contributed by atoms with van der Waals surface area (Å²) in [5, 5.41) is 13.0. The van der Waals surface area contributed by atoms with E-state index in [1.807, 2.05) is 18.2 Å². The first-order valence-electron chi connectivity index (χ1n) is 17.5. The van der Waals surface area contributed by atoms with Crippen molar-refractivity contribution >= 4 is 11.9 Å². The van der Waals surface area contributed by atoms with Crippen molar-refractivity contribution in [1.82, 2.24) is 4.90 Å². The number of esters is 2. The van der Waals surface area contributed by atoms with Crippen molar-refractivity contribution in [3.63, 3.8) is 0 Å². The lowest BCUT2D eigenvalue weighted by Gasteiger charge is -2.59. The first kappa shape index (κ1) is 31.0. The van der Waals surface area contributed by atoms with Crippen LogP contribution in [0.2, 0.25) is 0 Å². The molecule has 0 amide bonds. The van der Waals surface area contributed by atoms with Gasteiger partial charge in [0.05, 0.1) is 24.5 Å². The van der Waals surface area contributed by atoms with Crippen LogP contribution in [0.1, 0.15) is 104 Å². The van der Waals surface area contributed by atoms with E-state index in [1.165, 1.54) is 52.4 Å². The van der Waals surface area contributed by atoms with E-state index in [1.54, 1.807) is 0 Å². The van der Waals surface area contributed by atoms with Gasteiger partial charge in [0, 0.05) is 32.1 Å². The highest BCUT2D eigenvalue weighted by molar-refractivity contribution is 5.68. The molecule has 7 nitrogen and oxygen atoms in total. The molecule has 6 aliphatic heterocycles. The second-order valence-electron chi connectivity index (χ2n) is 14.6. The zero-order valence-electron chi connectivity index (χ0n) is 26.6. The Balaban J connectivity index is 1.56. The summed E-state index contributed by atoms with van der Waals surface area (Å²) >= 11 is 0. The van der Waals surface area contributed by atoms with Gasteiger partial charge in [0.15, 0.2) is 24.0 Å². The monoisotopic (exact) mass is 595 g/mol. The van der Waals surface area contributed by atoms with Crippen LogP contribution in [0.3, 0.4) is 0 Å². The first-order chi connectivity index (χ1) is 20.9. The van der Waals surface area contributed by atoms with Crippen molar-refractivity contribution in [2.24, 2.45) is 17.3 Å². The number of hydrogen-bond donors (Lipinski definition) is 1. The minimum absolute atomic E-state index is 0.0862. The Hall–Kier alpha value is -1.96. The van der Waals surface area contributed by atoms with Crippen LogP contribution in [0.4, 0.5) is 0 Å². The minimum Gasteiger partial charge on any atom is -0.454 e. The van der Waals surface area contributed by atoms with Gasteiger partial charge in [-0.3, -0.25) is 19.0 Å². The number of allylic oxidation sites excluding steroid dienone is 5. The standard InChI is InChI=1S/C36H55N2O5/c1-27(39)42-31-19-15-11-7-3-6-10-14-18-24-38-26-29-25-35(34(38)41)21-16-12-8-4-5-9-13-17-22-37-23-20-30(29)36(38,33(35)37)32(31)43-28(2)40/h6-7,10-11,15,19,29-34,41H,3-5,8-9,12-14,16-18,20-26H2,1-2H3/q+1/b10-6-,11-7-,19-15+/t29-,30?,31+,32+,33?,34?,35?,36+,38?/m0/s1. The molecular formula is C36H55N2O5+. The highest BCUT2D eigenvalue weighted by Gasteiger charge is 2.90. The summed E-state index contributed by atoms with van der Waals surface area (Å²) in [5.41, 5.74) is -0.783. The second-order valence-corrected chi connectivity index (χ2v) is 14.6. The molecule has 5 unspecified atom stereocenters. The van der Waals surface area contributed by atoms with Gasteiger partial charge in [-0.1, -0.05) is 75.3 Å². The predicted octanol–water partition coefficient (Wildman–Crippen LogP) is 5.82. The van der Waals surface area contributed by atoms with Gasteiger partial charge in [0.25, 0.3) is 0 Å². The largest absolute Gasteiger partial charge is 0.454 e. The van der Waals surface area contributed by atoms with Crippen molar-refractivity contribution in [2.75, 3.05) is 26.2 Å². The fourth-order valence-electron chi connectivity index (χ4n) is 11.3. The summed E-state index contributed by atoms with van der Waals surface area (Å²) in [6, 6.07) is 0.0862. The number of hydrogen-bond acceptors (Lipinski definition) is 6. The van der Waals surface area contributed by atoms with Crippen molar-refractivity contribution in [2.45, 2.75) is 134 Å². The van der Waals surface area contributed by atoms with Crippen LogP contribution in [-0.4, -0.2) is 82.6 Å². The Bertz CT molecular complexity index is 1120. The molecule has 7 heteroatoms. The van der Waals surface area contributed by atoms with Gasteiger partial charge in [-0.2, -0.15) is 0 Å². The van der Waals surface area contributed by atoms with Crippen molar-refractivity contribution in [1.29, 1.82) is 0 Å². The van der Waals surface area contributed by atoms with Crippen LogP contribution in [-0.2, 0) is 19.1 Å². The summed E-state index contributed by atoms with van der Waals surface area (Å²) in [6.45, 7) is 6.79. The van der Waals surface area contributed by atoms with Gasteiger partial charge < -0.3 is 14.6 Å². The number of carbonyl (C=O) groups is 2. The molecule has 5 saturated heterocycles. The number of nitrogens with zero attached hydrogens (tertiary/aromatic N) is 2.